The monoisotopic (exact) mass is 990 g/mol. The van der Waals surface area contributed by atoms with Gasteiger partial charge in [0.2, 0.25) is 23.6 Å². The number of unbranched alkanes of at least 4 members (excludes halogenated alkanes) is 2. The number of imide groups is 1. The van der Waals surface area contributed by atoms with Crippen molar-refractivity contribution in [2.24, 2.45) is 11.8 Å². The van der Waals surface area contributed by atoms with Gasteiger partial charge in [0, 0.05) is 26.4 Å². The number of aliphatic hydroxyl groups is 3. The maximum atomic E-state index is 13.1. The summed E-state index contributed by atoms with van der Waals surface area (Å²) in [6.45, 7) is 8.02. The standard InChI is InChI=1S/C40H58N6O23/c1-4-22-27-28(23(5-2)63-22)37(55)46(36(27)54)12-8-6-7-11-44(25(48)9-10-26(49)50)17-21-18-45(43-42-21)13-14-60-15-16-61-40-32(53)31(52)34(35(66-40)38(56)57)65-39-29(41-20(3)47)33(67-69-59)30(51)24(64-39)19-62-68-58/h4-5,18,22-24,27-35,39-40,51-53,58-59H,1-2,6-17,19H2,3H3,(H,41,47)(H,49,50)(H,56,57)/t22-,23+,24?,27+,28-,29?,30-,31-,32?,33-,34+,35?,39-,40-/m1/s1. The first-order valence-corrected chi connectivity index (χ1v) is 21.8. The maximum Gasteiger partial charge on any atom is 0.335 e. The molecule has 386 valence electrons. The Morgan fingerprint density at radius 3 is 2.19 bits per heavy atom. The van der Waals surface area contributed by atoms with Gasteiger partial charge < -0.3 is 64.2 Å². The molecule has 29 nitrogen and oxygen atoms in total. The van der Waals surface area contributed by atoms with E-state index in [1.54, 1.807) is 6.20 Å². The molecule has 1 aromatic heterocycles. The molecular formula is C40H58N6O23. The molecule has 0 saturated carbocycles. The average Bonchev–Trinajstić information content (AvgIpc) is 4.00. The third-order valence-corrected chi connectivity index (χ3v) is 11.7. The van der Waals surface area contributed by atoms with E-state index in [0.717, 1.165) is 6.92 Å². The molecule has 0 radical (unpaired) electrons. The number of aromatic nitrogens is 3. The Kier molecular flexibility index (Phi) is 21.0. The van der Waals surface area contributed by atoms with Crippen molar-refractivity contribution in [1.82, 2.24) is 30.1 Å². The number of aliphatic carboxylic acids is 2. The van der Waals surface area contributed by atoms with Crippen molar-refractivity contribution in [3.8, 4) is 0 Å². The molecule has 5 rings (SSSR count). The van der Waals surface area contributed by atoms with Crippen molar-refractivity contribution in [2.45, 2.75) is 126 Å². The van der Waals surface area contributed by atoms with Crippen molar-refractivity contribution in [1.29, 1.82) is 0 Å². The number of amides is 4. The van der Waals surface area contributed by atoms with E-state index < -0.39 is 116 Å². The van der Waals surface area contributed by atoms with Crippen molar-refractivity contribution >= 4 is 35.6 Å². The Labute approximate surface area is 392 Å². The van der Waals surface area contributed by atoms with Gasteiger partial charge in [-0.2, -0.15) is 4.89 Å². The molecule has 0 aliphatic carbocycles. The van der Waals surface area contributed by atoms with Crippen LogP contribution >= 0.6 is 0 Å². The minimum Gasteiger partial charge on any atom is -0.481 e. The second kappa shape index (κ2) is 26.3. The number of aliphatic hydroxyl groups excluding tert-OH is 3. The highest BCUT2D eigenvalue weighted by molar-refractivity contribution is 6.06. The van der Waals surface area contributed by atoms with E-state index in [4.69, 9.17) is 44.0 Å². The summed E-state index contributed by atoms with van der Waals surface area (Å²) in [7, 11) is 0. The van der Waals surface area contributed by atoms with Gasteiger partial charge in [0.15, 0.2) is 18.7 Å². The highest BCUT2D eigenvalue weighted by atomic mass is 17.5. The predicted molar refractivity (Wildman–Crippen MR) is 219 cm³/mol. The molecule has 69 heavy (non-hydrogen) atoms. The first-order chi connectivity index (χ1) is 33.0. The summed E-state index contributed by atoms with van der Waals surface area (Å²) < 4.78 is 35.0. The Bertz CT molecular complexity index is 1890. The van der Waals surface area contributed by atoms with Gasteiger partial charge in [-0.15, -0.1) is 18.3 Å². The van der Waals surface area contributed by atoms with Crippen LogP contribution in [0.15, 0.2) is 31.5 Å². The summed E-state index contributed by atoms with van der Waals surface area (Å²) in [5.74, 6) is -5.93. The smallest absolute Gasteiger partial charge is 0.335 e. The van der Waals surface area contributed by atoms with Gasteiger partial charge in [0.25, 0.3) is 0 Å². The number of rotatable bonds is 29. The summed E-state index contributed by atoms with van der Waals surface area (Å²) in [5, 5.41) is 87.0. The number of carboxylic acids is 2. The summed E-state index contributed by atoms with van der Waals surface area (Å²) in [5.41, 5.74) is 0.394. The lowest BCUT2D eigenvalue weighted by Gasteiger charge is -2.46. The Morgan fingerprint density at radius 2 is 1.57 bits per heavy atom. The molecule has 4 aliphatic rings. The van der Waals surface area contributed by atoms with Gasteiger partial charge in [0.05, 0.1) is 69.6 Å². The second-order valence-electron chi connectivity index (χ2n) is 16.2. The number of ether oxygens (including phenoxy) is 6. The fourth-order valence-electron chi connectivity index (χ4n) is 8.35. The zero-order valence-electron chi connectivity index (χ0n) is 37.3. The van der Waals surface area contributed by atoms with E-state index in [9.17, 15) is 49.2 Å². The molecule has 4 saturated heterocycles. The highest BCUT2D eigenvalue weighted by Gasteiger charge is 2.58. The van der Waals surface area contributed by atoms with Gasteiger partial charge in [-0.3, -0.25) is 28.9 Å². The Morgan fingerprint density at radius 1 is 0.855 bits per heavy atom. The number of hydrogen-bond donors (Lipinski definition) is 8. The Balaban J connectivity index is 1.07. The van der Waals surface area contributed by atoms with Crippen LogP contribution in [0.1, 0.15) is 44.7 Å². The van der Waals surface area contributed by atoms with Crippen molar-refractivity contribution in [3.63, 3.8) is 0 Å². The number of fused-ring (bicyclic) bond motifs is 1. The topological polar surface area (TPSA) is 386 Å². The lowest BCUT2D eigenvalue weighted by molar-refractivity contribution is -0.527. The quantitative estimate of drug-likeness (QED) is 0.0131. The van der Waals surface area contributed by atoms with Crippen LogP contribution in [0, 0.1) is 11.8 Å². The maximum absolute atomic E-state index is 13.1. The van der Waals surface area contributed by atoms with E-state index in [2.05, 4.69) is 48.6 Å². The second-order valence-corrected chi connectivity index (χ2v) is 16.2. The van der Waals surface area contributed by atoms with Crippen LogP contribution in [0.3, 0.4) is 0 Å². The van der Waals surface area contributed by atoms with Crippen LogP contribution in [-0.4, -0.2) is 209 Å². The van der Waals surface area contributed by atoms with Crippen molar-refractivity contribution in [3.05, 3.63) is 37.2 Å². The van der Waals surface area contributed by atoms with Crippen molar-refractivity contribution in [2.75, 3.05) is 39.5 Å². The summed E-state index contributed by atoms with van der Waals surface area (Å²) in [6, 6.07) is -1.56. The molecule has 5 heterocycles. The molecule has 14 atom stereocenters. The van der Waals surface area contributed by atoms with Crippen LogP contribution in [-0.2, 0) is 90.1 Å². The molecule has 1 aromatic rings. The molecule has 8 N–H and O–H groups in total. The van der Waals surface area contributed by atoms with E-state index in [1.165, 1.54) is 26.6 Å². The van der Waals surface area contributed by atoms with E-state index in [0.29, 0.717) is 25.0 Å². The SMILES string of the molecule is C=C[C@@H]1O[C@H](C=C)[C@@H]2C(=O)N(CCCCCN(Cc3cn(CCOCCO[C@@H]4OC(C(=O)O)[C@@H](O[C@H]5OC(COOO)[C@@H](O)[C@H](OOO)C5NC(C)=O)[C@H](O)C4O)nn3)C(=O)CCC(=O)O)C(=O)[C@@H]21. The van der Waals surface area contributed by atoms with Crippen LogP contribution in [0.4, 0.5) is 0 Å². The van der Waals surface area contributed by atoms with Crippen molar-refractivity contribution < 1.29 is 113 Å². The molecule has 4 unspecified atom stereocenters. The third kappa shape index (κ3) is 14.1. The van der Waals surface area contributed by atoms with Gasteiger partial charge in [-0.1, -0.05) is 27.4 Å². The number of nitrogens with one attached hydrogen (secondary N) is 1. The normalized spacial score (nSPS) is 31.1. The lowest BCUT2D eigenvalue weighted by Crippen LogP contribution is -2.68. The lowest BCUT2D eigenvalue weighted by atomic mass is 9.89. The minimum atomic E-state index is -2.04. The summed E-state index contributed by atoms with van der Waals surface area (Å²) in [4.78, 5) is 86.6. The first kappa shape index (κ1) is 55.0. The van der Waals surface area contributed by atoms with Gasteiger partial charge in [-0.25, -0.2) is 24.9 Å². The van der Waals surface area contributed by atoms with Crippen LogP contribution in [0.25, 0.3) is 0 Å². The number of hydrogen-bond acceptors (Lipinski definition) is 23. The van der Waals surface area contributed by atoms with Crippen LogP contribution in [0.2, 0.25) is 0 Å². The molecule has 4 amide bonds. The predicted octanol–water partition coefficient (Wildman–Crippen LogP) is -2.87. The highest BCUT2D eigenvalue weighted by Crippen LogP contribution is 2.41. The van der Waals surface area contributed by atoms with Gasteiger partial charge in [-0.05, 0) is 19.3 Å². The van der Waals surface area contributed by atoms with Crippen LogP contribution < -0.4 is 5.32 Å². The van der Waals surface area contributed by atoms with Gasteiger partial charge in [0.1, 0.15) is 55.0 Å². The molecule has 4 fully saturated rings. The number of carbonyl (C=O) groups excluding carboxylic acids is 4. The molecule has 0 aromatic carbocycles. The Hall–Kier alpha value is -4.96. The number of nitrogens with zero attached hydrogens (tertiary/aromatic N) is 5. The zero-order chi connectivity index (χ0) is 50.4. The zero-order valence-corrected chi connectivity index (χ0v) is 37.3. The fourth-order valence-corrected chi connectivity index (χ4v) is 8.35. The van der Waals surface area contributed by atoms with E-state index >= 15 is 0 Å². The molecular weight excluding hydrogens is 932 g/mol. The number of carbonyl (C=O) groups is 6. The molecule has 0 spiro atoms. The largest absolute Gasteiger partial charge is 0.481 e. The third-order valence-electron chi connectivity index (χ3n) is 11.7. The average molecular weight is 991 g/mol. The first-order valence-electron chi connectivity index (χ1n) is 21.8. The minimum absolute atomic E-state index is 0.0140. The number of carboxylic acid groups (broad SMARTS) is 2. The summed E-state index contributed by atoms with van der Waals surface area (Å²) >= 11 is 0. The number of likely N-dealkylation sites (tertiary alicyclic amines) is 1. The molecule has 29 heteroatoms. The van der Waals surface area contributed by atoms with Gasteiger partial charge >= 0.3 is 11.9 Å². The molecule has 0 bridgehead atoms. The summed E-state index contributed by atoms with van der Waals surface area (Å²) in [6.07, 6.45) is -12.2. The molecule has 4 aliphatic heterocycles. The van der Waals surface area contributed by atoms with E-state index in [1.807, 2.05) is 0 Å². The van der Waals surface area contributed by atoms with E-state index in [-0.39, 0.29) is 70.7 Å². The fraction of sp³-hybridized carbons (Fsp3) is 0.700. The van der Waals surface area contributed by atoms with Crippen LogP contribution in [0.5, 0.6) is 0 Å².